The van der Waals surface area contributed by atoms with Crippen molar-refractivity contribution < 1.29 is 4.74 Å². The van der Waals surface area contributed by atoms with Crippen molar-refractivity contribution in [2.24, 2.45) is 5.92 Å². The van der Waals surface area contributed by atoms with E-state index < -0.39 is 0 Å². The monoisotopic (exact) mass is 255 g/mol. The van der Waals surface area contributed by atoms with Gasteiger partial charge in [0, 0.05) is 19.2 Å². The van der Waals surface area contributed by atoms with Crippen LogP contribution in [0.25, 0.3) is 0 Å². The molecule has 0 aliphatic carbocycles. The molecular weight excluding hydrogens is 238 g/mol. The lowest BCUT2D eigenvalue weighted by Gasteiger charge is -2.12. The Morgan fingerprint density at radius 1 is 1.53 bits per heavy atom. The molecule has 2 heterocycles. The molecule has 1 aliphatic rings. The Balaban J connectivity index is 2.11. The highest BCUT2D eigenvalue weighted by Gasteiger charge is 2.21. The van der Waals surface area contributed by atoms with Gasteiger partial charge in [0.2, 0.25) is 0 Å². The highest BCUT2D eigenvalue weighted by atomic mass is 35.5. The van der Waals surface area contributed by atoms with Crippen molar-refractivity contribution in [3.63, 3.8) is 0 Å². The Hall–Kier alpha value is -0.870. The number of ether oxygens (including phenoxy) is 1. The van der Waals surface area contributed by atoms with E-state index in [9.17, 15) is 0 Å². The average Bonchev–Trinajstić information content (AvgIpc) is 2.79. The van der Waals surface area contributed by atoms with Crippen LogP contribution in [0.15, 0.2) is 6.07 Å². The van der Waals surface area contributed by atoms with Gasteiger partial charge < -0.3 is 10.1 Å². The molecule has 1 aliphatic heterocycles. The van der Waals surface area contributed by atoms with Gasteiger partial charge >= 0.3 is 0 Å². The topological polar surface area (TPSA) is 47.0 Å². The molecule has 0 amide bonds. The maximum atomic E-state index is 6.00. The number of aromatic nitrogens is 2. The Bertz CT molecular complexity index is 378. The van der Waals surface area contributed by atoms with Crippen molar-refractivity contribution in [3.05, 3.63) is 17.0 Å². The SMILES string of the molecule is CC(C)CNc1cc(Cl)nc(C2CCCO2)n1. The van der Waals surface area contributed by atoms with Gasteiger partial charge in [0.05, 0.1) is 0 Å². The molecule has 17 heavy (non-hydrogen) atoms. The van der Waals surface area contributed by atoms with E-state index in [1.807, 2.05) is 0 Å². The predicted molar refractivity (Wildman–Crippen MR) is 68.3 cm³/mol. The van der Waals surface area contributed by atoms with Gasteiger partial charge in [0.15, 0.2) is 5.82 Å². The minimum absolute atomic E-state index is 0.00769. The molecule has 0 radical (unpaired) electrons. The molecule has 1 unspecified atom stereocenters. The summed E-state index contributed by atoms with van der Waals surface area (Å²) in [6.45, 7) is 5.96. The zero-order chi connectivity index (χ0) is 12.3. The molecule has 1 saturated heterocycles. The lowest BCUT2D eigenvalue weighted by Crippen LogP contribution is -2.11. The van der Waals surface area contributed by atoms with Gasteiger partial charge in [-0.1, -0.05) is 25.4 Å². The highest BCUT2D eigenvalue weighted by molar-refractivity contribution is 6.29. The van der Waals surface area contributed by atoms with E-state index in [4.69, 9.17) is 16.3 Å². The van der Waals surface area contributed by atoms with Gasteiger partial charge in [0.1, 0.15) is 17.1 Å². The van der Waals surface area contributed by atoms with Gasteiger partial charge in [-0.3, -0.25) is 0 Å². The second kappa shape index (κ2) is 5.65. The van der Waals surface area contributed by atoms with Crippen LogP contribution in [0.4, 0.5) is 5.82 Å². The third-order valence-electron chi connectivity index (χ3n) is 2.62. The fraction of sp³-hybridized carbons (Fsp3) is 0.667. The van der Waals surface area contributed by atoms with Gasteiger partial charge in [-0.05, 0) is 18.8 Å². The van der Waals surface area contributed by atoms with Crippen molar-refractivity contribution in [3.8, 4) is 0 Å². The molecule has 4 nitrogen and oxygen atoms in total. The van der Waals surface area contributed by atoms with Crippen LogP contribution in [0.5, 0.6) is 0 Å². The largest absolute Gasteiger partial charge is 0.370 e. The Morgan fingerprint density at radius 3 is 3.00 bits per heavy atom. The summed E-state index contributed by atoms with van der Waals surface area (Å²) in [5.74, 6) is 2.04. The molecule has 1 aromatic rings. The molecule has 1 N–H and O–H groups in total. The molecule has 1 aromatic heterocycles. The zero-order valence-corrected chi connectivity index (χ0v) is 11.0. The van der Waals surface area contributed by atoms with E-state index in [0.717, 1.165) is 31.8 Å². The van der Waals surface area contributed by atoms with Crippen molar-refractivity contribution in [1.29, 1.82) is 0 Å². The lowest BCUT2D eigenvalue weighted by molar-refractivity contribution is 0.105. The fourth-order valence-electron chi connectivity index (χ4n) is 1.76. The summed E-state index contributed by atoms with van der Waals surface area (Å²) in [6, 6.07) is 1.75. The number of rotatable bonds is 4. The molecular formula is C12H18ClN3O. The summed E-state index contributed by atoms with van der Waals surface area (Å²) >= 11 is 6.00. The molecule has 0 spiro atoms. The van der Waals surface area contributed by atoms with Crippen molar-refractivity contribution in [2.45, 2.75) is 32.8 Å². The second-order valence-corrected chi connectivity index (χ2v) is 5.10. The highest BCUT2D eigenvalue weighted by Crippen LogP contribution is 2.27. The molecule has 2 rings (SSSR count). The first-order valence-electron chi connectivity index (χ1n) is 6.05. The molecule has 1 atom stereocenters. The summed E-state index contributed by atoms with van der Waals surface area (Å²) in [6.07, 6.45) is 2.05. The van der Waals surface area contributed by atoms with Crippen molar-refractivity contribution >= 4 is 17.4 Å². The third kappa shape index (κ3) is 3.54. The van der Waals surface area contributed by atoms with Gasteiger partial charge in [-0.25, -0.2) is 9.97 Å². The van der Waals surface area contributed by atoms with Crippen LogP contribution in [-0.4, -0.2) is 23.1 Å². The van der Waals surface area contributed by atoms with Gasteiger partial charge in [0.25, 0.3) is 0 Å². The average molecular weight is 256 g/mol. The first-order chi connectivity index (χ1) is 8.15. The second-order valence-electron chi connectivity index (χ2n) is 4.71. The Kier molecular flexibility index (Phi) is 4.18. The van der Waals surface area contributed by atoms with Crippen molar-refractivity contribution in [2.75, 3.05) is 18.5 Å². The predicted octanol–water partition coefficient (Wildman–Crippen LogP) is 3.05. The van der Waals surface area contributed by atoms with Crippen LogP contribution in [0.2, 0.25) is 5.15 Å². The van der Waals surface area contributed by atoms with Crippen LogP contribution < -0.4 is 5.32 Å². The van der Waals surface area contributed by atoms with E-state index in [1.54, 1.807) is 6.07 Å². The third-order valence-corrected chi connectivity index (χ3v) is 2.81. The van der Waals surface area contributed by atoms with Crippen LogP contribution in [-0.2, 0) is 4.74 Å². The number of anilines is 1. The number of hydrogen-bond donors (Lipinski definition) is 1. The fourth-order valence-corrected chi connectivity index (χ4v) is 1.95. The molecule has 94 valence electrons. The summed E-state index contributed by atoms with van der Waals surface area (Å²) in [7, 11) is 0. The Labute approximate surface area is 107 Å². The van der Waals surface area contributed by atoms with Crippen LogP contribution in [0.1, 0.15) is 38.6 Å². The maximum Gasteiger partial charge on any atom is 0.161 e. The van der Waals surface area contributed by atoms with Crippen LogP contribution in [0.3, 0.4) is 0 Å². The van der Waals surface area contributed by atoms with E-state index in [0.29, 0.717) is 16.9 Å². The molecule has 5 heteroatoms. The van der Waals surface area contributed by atoms with E-state index in [-0.39, 0.29) is 6.10 Å². The number of nitrogens with zero attached hydrogens (tertiary/aromatic N) is 2. The standard InChI is InChI=1S/C12H18ClN3O/c1-8(2)7-14-11-6-10(13)15-12(16-11)9-4-3-5-17-9/h6,8-9H,3-5,7H2,1-2H3,(H,14,15,16). The Morgan fingerprint density at radius 2 is 2.35 bits per heavy atom. The summed E-state index contributed by atoms with van der Waals surface area (Å²) in [5.41, 5.74) is 0. The molecule has 0 aromatic carbocycles. The minimum Gasteiger partial charge on any atom is -0.370 e. The van der Waals surface area contributed by atoms with E-state index in [1.165, 1.54) is 0 Å². The number of halogens is 1. The van der Waals surface area contributed by atoms with Gasteiger partial charge in [-0.15, -0.1) is 0 Å². The van der Waals surface area contributed by atoms with E-state index in [2.05, 4.69) is 29.1 Å². The first kappa shape index (κ1) is 12.6. The summed E-state index contributed by atoms with van der Waals surface area (Å²) < 4.78 is 5.56. The normalized spacial score (nSPS) is 19.9. The zero-order valence-electron chi connectivity index (χ0n) is 10.2. The summed E-state index contributed by atoms with van der Waals surface area (Å²) in [5, 5.41) is 3.73. The number of hydrogen-bond acceptors (Lipinski definition) is 4. The minimum atomic E-state index is 0.00769. The quantitative estimate of drug-likeness (QED) is 0.840. The van der Waals surface area contributed by atoms with Gasteiger partial charge in [-0.2, -0.15) is 0 Å². The molecule has 1 fully saturated rings. The first-order valence-corrected chi connectivity index (χ1v) is 6.43. The maximum absolute atomic E-state index is 6.00. The van der Waals surface area contributed by atoms with Crippen LogP contribution >= 0.6 is 11.6 Å². The smallest absolute Gasteiger partial charge is 0.161 e. The summed E-state index contributed by atoms with van der Waals surface area (Å²) in [4.78, 5) is 8.69. The van der Waals surface area contributed by atoms with E-state index >= 15 is 0 Å². The molecule has 0 bridgehead atoms. The van der Waals surface area contributed by atoms with Crippen molar-refractivity contribution in [1.82, 2.24) is 9.97 Å². The number of nitrogens with one attached hydrogen (secondary N) is 1. The lowest BCUT2D eigenvalue weighted by atomic mass is 10.2. The van der Waals surface area contributed by atoms with Crippen LogP contribution in [0, 0.1) is 5.92 Å². The molecule has 0 saturated carbocycles.